The van der Waals surface area contributed by atoms with E-state index in [1.807, 2.05) is 0 Å². The molecule has 2 aliphatic rings. The second-order valence-corrected chi connectivity index (χ2v) is 5.35. The molecule has 86 valence electrons. The summed E-state index contributed by atoms with van der Waals surface area (Å²) in [5, 5.41) is 9.10. The first-order valence-electron chi connectivity index (χ1n) is 6.16. The van der Waals surface area contributed by atoms with Crippen molar-refractivity contribution in [3.8, 4) is 0 Å². The van der Waals surface area contributed by atoms with E-state index in [0.717, 1.165) is 18.4 Å². The van der Waals surface area contributed by atoms with Gasteiger partial charge < -0.3 is 5.11 Å². The topological polar surface area (TPSA) is 23.5 Å². The highest BCUT2D eigenvalue weighted by molar-refractivity contribution is 5.21. The van der Waals surface area contributed by atoms with Gasteiger partial charge in [0.1, 0.15) is 0 Å². The summed E-state index contributed by atoms with van der Waals surface area (Å²) in [6, 6.07) is 8.82. The fourth-order valence-corrected chi connectivity index (χ4v) is 3.09. The molecule has 1 N–H and O–H groups in total. The molecule has 0 bridgehead atoms. The van der Waals surface area contributed by atoms with Crippen LogP contribution in [0.25, 0.3) is 0 Å². The van der Waals surface area contributed by atoms with Gasteiger partial charge in [0, 0.05) is 26.2 Å². The molecular weight excluding hydrogens is 198 g/mol. The van der Waals surface area contributed by atoms with Gasteiger partial charge >= 0.3 is 0 Å². The lowest BCUT2D eigenvalue weighted by atomic mass is 10.1. The molecule has 2 atom stereocenters. The molecule has 16 heavy (non-hydrogen) atoms. The summed E-state index contributed by atoms with van der Waals surface area (Å²) in [5.41, 5.74) is 2.74. The molecule has 0 aromatic heterocycles. The normalized spacial score (nSPS) is 32.8. The zero-order chi connectivity index (χ0) is 11.1. The molecule has 1 heterocycles. The lowest BCUT2D eigenvalue weighted by Crippen LogP contribution is -2.24. The Kier molecular flexibility index (Phi) is 2.49. The molecule has 2 heteroatoms. The van der Waals surface area contributed by atoms with Crippen LogP contribution in [0.4, 0.5) is 0 Å². The molecule has 2 nitrogen and oxygen atoms in total. The highest BCUT2D eigenvalue weighted by Gasteiger charge is 2.54. The first-order valence-corrected chi connectivity index (χ1v) is 6.16. The number of hydrogen-bond donors (Lipinski definition) is 1. The third-order valence-electron chi connectivity index (χ3n) is 4.18. The number of nitrogens with zero attached hydrogens (tertiary/aromatic N) is 1. The zero-order valence-corrected chi connectivity index (χ0v) is 9.76. The number of aryl methyl sites for hydroxylation is 1. The quantitative estimate of drug-likeness (QED) is 0.832. The molecule has 1 aromatic rings. The molecule has 1 saturated heterocycles. The van der Waals surface area contributed by atoms with Crippen LogP contribution >= 0.6 is 0 Å². The second-order valence-electron chi connectivity index (χ2n) is 5.35. The second kappa shape index (κ2) is 3.86. The van der Waals surface area contributed by atoms with Crippen LogP contribution in [0.3, 0.4) is 0 Å². The zero-order valence-electron chi connectivity index (χ0n) is 9.76. The molecule has 2 fully saturated rings. The minimum absolute atomic E-state index is 0.397. The summed E-state index contributed by atoms with van der Waals surface area (Å²) < 4.78 is 0. The molecule has 0 radical (unpaired) electrons. The molecule has 1 aliphatic heterocycles. The van der Waals surface area contributed by atoms with Crippen molar-refractivity contribution in [2.75, 3.05) is 19.7 Å². The van der Waals surface area contributed by atoms with Crippen molar-refractivity contribution in [1.29, 1.82) is 0 Å². The van der Waals surface area contributed by atoms with Crippen LogP contribution in [-0.2, 0) is 6.54 Å². The first kappa shape index (κ1) is 10.3. The van der Waals surface area contributed by atoms with Crippen molar-refractivity contribution in [1.82, 2.24) is 4.90 Å². The Bertz CT molecular complexity index is 361. The van der Waals surface area contributed by atoms with Gasteiger partial charge in [0.2, 0.25) is 0 Å². The molecule has 1 aliphatic carbocycles. The predicted octanol–water partition coefficient (Wildman–Crippen LogP) is 1.67. The van der Waals surface area contributed by atoms with Crippen LogP contribution in [-0.4, -0.2) is 29.7 Å². The van der Waals surface area contributed by atoms with E-state index in [-0.39, 0.29) is 0 Å². The highest BCUT2D eigenvalue weighted by atomic mass is 16.3. The lowest BCUT2D eigenvalue weighted by Gasteiger charge is -2.19. The van der Waals surface area contributed by atoms with E-state index in [2.05, 4.69) is 36.1 Å². The largest absolute Gasteiger partial charge is 0.396 e. The van der Waals surface area contributed by atoms with Gasteiger partial charge in [-0.1, -0.05) is 29.8 Å². The fourth-order valence-electron chi connectivity index (χ4n) is 3.09. The van der Waals surface area contributed by atoms with Gasteiger partial charge in [0.05, 0.1) is 0 Å². The number of hydrogen-bond acceptors (Lipinski definition) is 2. The minimum atomic E-state index is 0.397. The summed E-state index contributed by atoms with van der Waals surface area (Å²) in [6.07, 6.45) is 0. The molecule has 1 saturated carbocycles. The van der Waals surface area contributed by atoms with Crippen molar-refractivity contribution in [2.24, 2.45) is 17.8 Å². The Labute approximate surface area is 96.9 Å². The maximum Gasteiger partial charge on any atom is 0.0465 e. The average molecular weight is 217 g/mol. The van der Waals surface area contributed by atoms with Crippen LogP contribution in [0.15, 0.2) is 24.3 Å². The van der Waals surface area contributed by atoms with Gasteiger partial charge in [0.15, 0.2) is 0 Å². The first-order chi connectivity index (χ1) is 7.78. The highest BCUT2D eigenvalue weighted by Crippen LogP contribution is 2.51. The number of benzene rings is 1. The van der Waals surface area contributed by atoms with E-state index < -0.39 is 0 Å². The van der Waals surface area contributed by atoms with Gasteiger partial charge in [-0.05, 0) is 30.2 Å². The smallest absolute Gasteiger partial charge is 0.0465 e. The minimum Gasteiger partial charge on any atom is -0.396 e. The number of aliphatic hydroxyl groups is 1. The van der Waals surface area contributed by atoms with Crippen molar-refractivity contribution in [2.45, 2.75) is 13.5 Å². The Balaban J connectivity index is 1.56. The monoisotopic (exact) mass is 217 g/mol. The van der Waals surface area contributed by atoms with Crippen LogP contribution in [0.5, 0.6) is 0 Å². The molecular formula is C14H19NO. The molecule has 0 amide bonds. The summed E-state index contributed by atoms with van der Waals surface area (Å²) in [6.45, 7) is 5.97. The summed E-state index contributed by atoms with van der Waals surface area (Å²) in [4.78, 5) is 2.52. The van der Waals surface area contributed by atoms with Gasteiger partial charge in [-0.3, -0.25) is 4.90 Å². The van der Waals surface area contributed by atoms with E-state index in [9.17, 15) is 0 Å². The Morgan fingerprint density at radius 2 is 1.81 bits per heavy atom. The van der Waals surface area contributed by atoms with Gasteiger partial charge in [-0.25, -0.2) is 0 Å². The lowest BCUT2D eigenvalue weighted by molar-refractivity contribution is 0.217. The fraction of sp³-hybridized carbons (Fsp3) is 0.571. The third kappa shape index (κ3) is 1.76. The van der Waals surface area contributed by atoms with Crippen molar-refractivity contribution in [3.05, 3.63) is 35.4 Å². The van der Waals surface area contributed by atoms with Crippen LogP contribution in [0.2, 0.25) is 0 Å². The van der Waals surface area contributed by atoms with Crippen molar-refractivity contribution >= 4 is 0 Å². The third-order valence-corrected chi connectivity index (χ3v) is 4.18. The molecule has 3 rings (SSSR count). The standard InChI is InChI=1S/C14H19NO/c1-10-2-4-11(5-3-10)6-15-7-12-13(8-15)14(12)9-16/h2-5,12-14,16H,6-9H2,1H3. The summed E-state index contributed by atoms with van der Waals surface area (Å²) in [7, 11) is 0. The maximum atomic E-state index is 9.10. The average Bonchev–Trinajstić information content (AvgIpc) is 2.76. The Morgan fingerprint density at radius 1 is 1.19 bits per heavy atom. The Hall–Kier alpha value is -0.860. The SMILES string of the molecule is Cc1ccc(CN2CC3C(CO)C3C2)cc1. The van der Waals surface area contributed by atoms with E-state index in [4.69, 9.17) is 5.11 Å². The van der Waals surface area contributed by atoms with Gasteiger partial charge in [0.25, 0.3) is 0 Å². The van der Waals surface area contributed by atoms with Gasteiger partial charge in [-0.2, -0.15) is 0 Å². The van der Waals surface area contributed by atoms with E-state index in [1.54, 1.807) is 0 Å². The number of piperidine rings is 1. The van der Waals surface area contributed by atoms with Gasteiger partial charge in [-0.15, -0.1) is 0 Å². The number of rotatable bonds is 3. The maximum absolute atomic E-state index is 9.10. The van der Waals surface area contributed by atoms with Crippen molar-refractivity contribution in [3.63, 3.8) is 0 Å². The summed E-state index contributed by atoms with van der Waals surface area (Å²) >= 11 is 0. The molecule has 2 unspecified atom stereocenters. The van der Waals surface area contributed by atoms with Crippen LogP contribution in [0.1, 0.15) is 11.1 Å². The predicted molar refractivity (Wildman–Crippen MR) is 64.0 cm³/mol. The number of aliphatic hydroxyl groups excluding tert-OH is 1. The number of likely N-dealkylation sites (tertiary alicyclic amines) is 1. The molecule has 1 aromatic carbocycles. The van der Waals surface area contributed by atoms with Crippen LogP contribution in [0, 0.1) is 24.7 Å². The van der Waals surface area contributed by atoms with Crippen molar-refractivity contribution < 1.29 is 5.11 Å². The van der Waals surface area contributed by atoms with E-state index in [0.29, 0.717) is 12.5 Å². The van der Waals surface area contributed by atoms with E-state index >= 15 is 0 Å². The molecule has 0 spiro atoms. The number of fused-ring (bicyclic) bond motifs is 1. The summed E-state index contributed by atoms with van der Waals surface area (Å²) in [5.74, 6) is 2.19. The van der Waals surface area contributed by atoms with Crippen LogP contribution < -0.4 is 0 Å². The Morgan fingerprint density at radius 3 is 2.38 bits per heavy atom. The van der Waals surface area contributed by atoms with E-state index in [1.165, 1.54) is 24.2 Å².